The molecule has 1 amide bonds. The Hall–Kier alpha value is -0.540. The molecule has 0 bridgehead atoms. The average molecular weight is 319 g/mol. The number of nitrogens with one attached hydrogen (secondary N) is 1. The fourth-order valence-corrected chi connectivity index (χ4v) is 2.29. The number of amides is 1. The van der Waals surface area contributed by atoms with Gasteiger partial charge in [0.05, 0.1) is 6.42 Å². The van der Waals surface area contributed by atoms with Gasteiger partial charge in [0.25, 0.3) is 0 Å². The van der Waals surface area contributed by atoms with Gasteiger partial charge in [0.15, 0.2) is 0 Å². The van der Waals surface area contributed by atoms with Crippen LogP contribution in [0.25, 0.3) is 0 Å². The summed E-state index contributed by atoms with van der Waals surface area (Å²) in [6.07, 6.45) is 1.35. The van der Waals surface area contributed by atoms with Gasteiger partial charge < -0.3 is 5.32 Å². The van der Waals surface area contributed by atoms with Crippen LogP contribution >= 0.6 is 27.5 Å². The highest BCUT2D eigenvalue weighted by Gasteiger charge is 2.06. The summed E-state index contributed by atoms with van der Waals surface area (Å²) in [7, 11) is 0. The van der Waals surface area contributed by atoms with Crippen molar-refractivity contribution in [3.63, 3.8) is 0 Å². The van der Waals surface area contributed by atoms with Crippen molar-refractivity contribution < 1.29 is 4.79 Å². The minimum absolute atomic E-state index is 0.0597. The Morgan fingerprint density at radius 2 is 2.29 bits per heavy atom. The summed E-state index contributed by atoms with van der Waals surface area (Å²) in [6.45, 7) is 2.78. The lowest BCUT2D eigenvalue weighted by molar-refractivity contribution is -0.120. The lowest BCUT2D eigenvalue weighted by atomic mass is 10.1. The number of rotatable bonds is 6. The molecule has 0 saturated heterocycles. The maximum absolute atomic E-state index is 11.7. The molecular weight excluding hydrogens is 302 g/mol. The molecule has 4 heteroatoms. The molecule has 0 aliphatic carbocycles. The van der Waals surface area contributed by atoms with E-state index in [4.69, 9.17) is 11.6 Å². The van der Waals surface area contributed by atoms with Gasteiger partial charge in [0.2, 0.25) is 5.91 Å². The topological polar surface area (TPSA) is 29.1 Å². The van der Waals surface area contributed by atoms with E-state index in [9.17, 15) is 4.79 Å². The zero-order chi connectivity index (χ0) is 12.7. The predicted octanol–water partition coefficient (Wildman–Crippen LogP) is 3.37. The first kappa shape index (κ1) is 14.5. The molecule has 0 aliphatic rings. The molecule has 1 aromatic carbocycles. The van der Waals surface area contributed by atoms with Crippen molar-refractivity contribution in [2.45, 2.75) is 19.8 Å². The maximum Gasteiger partial charge on any atom is 0.224 e. The molecule has 17 heavy (non-hydrogen) atoms. The number of carbonyl (C=O) groups excluding carboxylic acids is 1. The number of halogens is 2. The second-order valence-corrected chi connectivity index (χ2v) is 5.49. The van der Waals surface area contributed by atoms with E-state index in [0.29, 0.717) is 24.8 Å². The number of hydrogen-bond donors (Lipinski definition) is 1. The Kier molecular flexibility index (Phi) is 6.60. The van der Waals surface area contributed by atoms with Gasteiger partial charge in [-0.05, 0) is 30.0 Å². The summed E-state index contributed by atoms with van der Waals surface area (Å²) in [5, 5.41) is 2.92. The molecule has 0 fully saturated rings. The van der Waals surface area contributed by atoms with Gasteiger partial charge in [-0.3, -0.25) is 4.79 Å². The third-order valence-electron chi connectivity index (χ3n) is 2.50. The molecule has 0 radical (unpaired) electrons. The van der Waals surface area contributed by atoms with Crippen LogP contribution in [-0.2, 0) is 11.2 Å². The van der Waals surface area contributed by atoms with Gasteiger partial charge in [-0.1, -0.05) is 35.0 Å². The average Bonchev–Trinajstić information content (AvgIpc) is 2.27. The Balaban J connectivity index is 2.34. The van der Waals surface area contributed by atoms with Gasteiger partial charge in [-0.25, -0.2) is 0 Å². The molecule has 1 rings (SSSR count). The summed E-state index contributed by atoms with van der Waals surface area (Å²) in [4.78, 5) is 11.7. The molecule has 2 nitrogen and oxygen atoms in total. The predicted molar refractivity (Wildman–Crippen MR) is 75.4 cm³/mol. The lowest BCUT2D eigenvalue weighted by Crippen LogP contribution is -2.29. The smallest absolute Gasteiger partial charge is 0.224 e. The molecule has 1 atom stereocenters. The van der Waals surface area contributed by atoms with Crippen molar-refractivity contribution in [2.75, 3.05) is 12.4 Å². The minimum atomic E-state index is 0.0597. The normalized spacial score (nSPS) is 12.2. The molecule has 0 heterocycles. The van der Waals surface area contributed by atoms with Gasteiger partial charge in [0.1, 0.15) is 0 Å². The van der Waals surface area contributed by atoms with Crippen molar-refractivity contribution >= 4 is 33.4 Å². The summed E-state index contributed by atoms with van der Waals surface area (Å²) in [6, 6.07) is 7.79. The van der Waals surface area contributed by atoms with E-state index in [-0.39, 0.29) is 5.91 Å². The van der Waals surface area contributed by atoms with Gasteiger partial charge in [0, 0.05) is 16.9 Å². The van der Waals surface area contributed by atoms with Crippen LogP contribution in [0.1, 0.15) is 18.9 Å². The van der Waals surface area contributed by atoms with E-state index in [2.05, 4.69) is 28.2 Å². The van der Waals surface area contributed by atoms with Crippen LogP contribution in [0.4, 0.5) is 0 Å². The van der Waals surface area contributed by atoms with E-state index >= 15 is 0 Å². The fraction of sp³-hybridized carbons (Fsp3) is 0.462. The molecule has 1 N–H and O–H groups in total. The SMILES string of the molecule is CC(CCCl)CNC(=O)Cc1cccc(Br)c1. The van der Waals surface area contributed by atoms with Crippen molar-refractivity contribution in [1.29, 1.82) is 0 Å². The van der Waals surface area contributed by atoms with E-state index in [1.165, 1.54) is 0 Å². The minimum Gasteiger partial charge on any atom is -0.356 e. The number of benzene rings is 1. The molecular formula is C13H17BrClNO. The first-order valence-corrected chi connectivity index (χ1v) is 7.01. The van der Waals surface area contributed by atoms with Gasteiger partial charge in [-0.2, -0.15) is 0 Å². The molecule has 1 unspecified atom stereocenters. The fourth-order valence-electron chi connectivity index (χ4n) is 1.47. The standard InChI is InChI=1S/C13H17BrClNO/c1-10(5-6-15)9-16-13(17)8-11-3-2-4-12(14)7-11/h2-4,7,10H,5-6,8-9H2,1H3,(H,16,17). The third kappa shape index (κ3) is 6.08. The highest BCUT2D eigenvalue weighted by molar-refractivity contribution is 9.10. The Morgan fingerprint density at radius 1 is 1.53 bits per heavy atom. The molecule has 0 aliphatic heterocycles. The maximum atomic E-state index is 11.7. The number of hydrogen-bond acceptors (Lipinski definition) is 1. The first-order chi connectivity index (χ1) is 8.11. The summed E-state index contributed by atoms with van der Waals surface area (Å²) < 4.78 is 0.998. The third-order valence-corrected chi connectivity index (χ3v) is 3.21. The quantitative estimate of drug-likeness (QED) is 0.801. The molecule has 0 aromatic heterocycles. The zero-order valence-corrected chi connectivity index (χ0v) is 12.2. The van der Waals surface area contributed by atoms with Gasteiger partial charge in [-0.15, -0.1) is 11.6 Å². The summed E-state index contributed by atoms with van der Waals surface area (Å²) in [5.74, 6) is 1.13. The van der Waals surface area contributed by atoms with Crippen LogP contribution in [0.3, 0.4) is 0 Å². The van der Waals surface area contributed by atoms with Crippen molar-refractivity contribution in [1.82, 2.24) is 5.32 Å². The van der Waals surface area contributed by atoms with E-state index in [1.807, 2.05) is 24.3 Å². The van der Waals surface area contributed by atoms with Crippen LogP contribution in [0.5, 0.6) is 0 Å². The van der Waals surface area contributed by atoms with Crippen LogP contribution in [-0.4, -0.2) is 18.3 Å². The molecule has 0 saturated carbocycles. The van der Waals surface area contributed by atoms with Crippen LogP contribution in [0.2, 0.25) is 0 Å². The van der Waals surface area contributed by atoms with E-state index in [0.717, 1.165) is 16.5 Å². The van der Waals surface area contributed by atoms with Crippen LogP contribution in [0, 0.1) is 5.92 Å². The Morgan fingerprint density at radius 3 is 2.94 bits per heavy atom. The Labute approximate surface area is 116 Å². The molecule has 94 valence electrons. The van der Waals surface area contributed by atoms with E-state index in [1.54, 1.807) is 0 Å². The second kappa shape index (κ2) is 7.72. The molecule has 1 aromatic rings. The second-order valence-electron chi connectivity index (χ2n) is 4.19. The number of alkyl halides is 1. The van der Waals surface area contributed by atoms with Gasteiger partial charge >= 0.3 is 0 Å². The van der Waals surface area contributed by atoms with Crippen molar-refractivity contribution in [3.05, 3.63) is 34.3 Å². The molecule has 0 spiro atoms. The highest BCUT2D eigenvalue weighted by atomic mass is 79.9. The lowest BCUT2D eigenvalue weighted by Gasteiger charge is -2.11. The first-order valence-electron chi connectivity index (χ1n) is 5.69. The van der Waals surface area contributed by atoms with Crippen molar-refractivity contribution in [2.24, 2.45) is 5.92 Å². The summed E-state index contributed by atoms with van der Waals surface area (Å²) in [5.41, 5.74) is 1.02. The highest BCUT2D eigenvalue weighted by Crippen LogP contribution is 2.12. The van der Waals surface area contributed by atoms with Crippen molar-refractivity contribution in [3.8, 4) is 0 Å². The van der Waals surface area contributed by atoms with E-state index < -0.39 is 0 Å². The monoisotopic (exact) mass is 317 g/mol. The largest absolute Gasteiger partial charge is 0.356 e. The van der Waals surface area contributed by atoms with Crippen LogP contribution in [0.15, 0.2) is 28.7 Å². The van der Waals surface area contributed by atoms with Crippen LogP contribution < -0.4 is 5.32 Å². The Bertz CT molecular complexity index is 370. The number of carbonyl (C=O) groups is 1. The summed E-state index contributed by atoms with van der Waals surface area (Å²) >= 11 is 9.03. The zero-order valence-electron chi connectivity index (χ0n) is 9.88.